The first kappa shape index (κ1) is 14.0. The van der Waals surface area contributed by atoms with Crippen molar-refractivity contribution < 1.29 is 13.2 Å². The number of thiazole rings is 1. The largest absolute Gasteiger partial charge is 0.317 e. The van der Waals surface area contributed by atoms with Crippen molar-refractivity contribution in [2.24, 2.45) is 5.41 Å². The van der Waals surface area contributed by atoms with Gasteiger partial charge >= 0.3 is 0 Å². The first-order chi connectivity index (χ1) is 9.40. The van der Waals surface area contributed by atoms with Crippen LogP contribution in [0.2, 0.25) is 0 Å². The summed E-state index contributed by atoms with van der Waals surface area (Å²) >= 11 is 1.08. The number of carbonyl (C=O) groups is 1. The molecule has 0 aromatic carbocycles. The van der Waals surface area contributed by atoms with Gasteiger partial charge in [0.15, 0.2) is 15.0 Å². The number of hydrogen-bond donors (Lipinski definition) is 1. The molecule has 8 heteroatoms. The Morgan fingerprint density at radius 3 is 2.70 bits per heavy atom. The van der Waals surface area contributed by atoms with Crippen LogP contribution in [-0.2, 0) is 14.6 Å². The van der Waals surface area contributed by atoms with Gasteiger partial charge in [-0.2, -0.15) is 0 Å². The molecule has 20 heavy (non-hydrogen) atoms. The normalized spacial score (nSPS) is 22.6. The van der Waals surface area contributed by atoms with Gasteiger partial charge in [0.1, 0.15) is 4.21 Å². The molecule has 1 N–H and O–H groups in total. The van der Waals surface area contributed by atoms with Gasteiger partial charge in [0, 0.05) is 19.2 Å². The van der Waals surface area contributed by atoms with Crippen LogP contribution in [-0.4, -0.2) is 45.2 Å². The summed E-state index contributed by atoms with van der Waals surface area (Å²) in [5.41, 5.74) is 0.0409. The van der Waals surface area contributed by atoms with E-state index in [-0.39, 0.29) is 15.5 Å². The second kappa shape index (κ2) is 4.78. The van der Waals surface area contributed by atoms with E-state index in [1.54, 1.807) is 4.90 Å². The molecule has 0 atom stereocenters. The van der Waals surface area contributed by atoms with Gasteiger partial charge in [-0.3, -0.25) is 9.69 Å². The van der Waals surface area contributed by atoms with Gasteiger partial charge in [-0.1, -0.05) is 11.3 Å². The zero-order valence-electron chi connectivity index (χ0n) is 11.3. The van der Waals surface area contributed by atoms with E-state index in [4.69, 9.17) is 0 Å². The van der Waals surface area contributed by atoms with Gasteiger partial charge in [0.05, 0.1) is 6.20 Å². The number of hydrogen-bond acceptors (Lipinski definition) is 6. The second-order valence-electron chi connectivity index (χ2n) is 5.64. The summed E-state index contributed by atoms with van der Waals surface area (Å²) < 4.78 is 23.2. The first-order valence-electron chi connectivity index (χ1n) is 6.57. The number of nitrogens with one attached hydrogen (secondary N) is 1. The van der Waals surface area contributed by atoms with E-state index in [0.29, 0.717) is 18.1 Å². The van der Waals surface area contributed by atoms with Crippen molar-refractivity contribution in [3.05, 3.63) is 6.20 Å². The van der Waals surface area contributed by atoms with E-state index < -0.39 is 9.84 Å². The molecule has 2 aliphatic rings. The molecular weight excluding hydrogens is 298 g/mol. The molecule has 1 amide bonds. The minimum Gasteiger partial charge on any atom is -0.317 e. The maximum Gasteiger partial charge on any atom is 0.229 e. The molecule has 1 aromatic heterocycles. The molecule has 2 saturated heterocycles. The van der Waals surface area contributed by atoms with E-state index in [0.717, 1.165) is 43.5 Å². The first-order valence-corrected chi connectivity index (χ1v) is 9.27. The topological polar surface area (TPSA) is 79.4 Å². The van der Waals surface area contributed by atoms with Crippen LogP contribution in [0.5, 0.6) is 0 Å². The molecule has 2 aliphatic heterocycles. The average Bonchev–Trinajstić information content (AvgIpc) is 2.95. The minimum absolute atomic E-state index is 0.0409. The lowest BCUT2D eigenvalue weighted by Crippen LogP contribution is -2.38. The summed E-state index contributed by atoms with van der Waals surface area (Å²) in [7, 11) is -3.25. The van der Waals surface area contributed by atoms with Gasteiger partial charge < -0.3 is 5.32 Å². The Labute approximate surface area is 122 Å². The number of amides is 1. The highest BCUT2D eigenvalue weighted by Crippen LogP contribution is 2.42. The number of rotatable bonds is 2. The number of piperidine rings is 1. The quantitative estimate of drug-likeness (QED) is 0.867. The molecule has 0 bridgehead atoms. The lowest BCUT2D eigenvalue weighted by atomic mass is 9.78. The van der Waals surface area contributed by atoms with E-state index in [1.807, 2.05) is 0 Å². The third kappa shape index (κ3) is 2.47. The van der Waals surface area contributed by atoms with Crippen LogP contribution in [0.25, 0.3) is 0 Å². The zero-order chi connectivity index (χ0) is 14.4. The fourth-order valence-corrected chi connectivity index (χ4v) is 4.65. The van der Waals surface area contributed by atoms with E-state index >= 15 is 0 Å². The van der Waals surface area contributed by atoms with Crippen LogP contribution >= 0.6 is 11.3 Å². The van der Waals surface area contributed by atoms with Gasteiger partial charge in [0.2, 0.25) is 5.91 Å². The van der Waals surface area contributed by atoms with Crippen molar-refractivity contribution in [1.82, 2.24) is 10.3 Å². The summed E-state index contributed by atoms with van der Waals surface area (Å²) in [6.07, 6.45) is 5.02. The van der Waals surface area contributed by atoms with E-state index in [9.17, 15) is 13.2 Å². The molecule has 3 heterocycles. The molecule has 110 valence electrons. The zero-order valence-corrected chi connectivity index (χ0v) is 12.9. The van der Waals surface area contributed by atoms with Crippen LogP contribution in [0.15, 0.2) is 10.4 Å². The van der Waals surface area contributed by atoms with Crippen LogP contribution in [0.4, 0.5) is 5.13 Å². The third-order valence-corrected chi connectivity index (χ3v) is 6.86. The smallest absolute Gasteiger partial charge is 0.229 e. The Hall–Kier alpha value is -0.990. The fourth-order valence-electron chi connectivity index (χ4n) is 2.91. The maximum absolute atomic E-state index is 12.2. The molecule has 0 aliphatic carbocycles. The fraction of sp³-hybridized carbons (Fsp3) is 0.667. The minimum atomic E-state index is -3.25. The highest BCUT2D eigenvalue weighted by atomic mass is 32.2. The van der Waals surface area contributed by atoms with Crippen LogP contribution in [0.3, 0.4) is 0 Å². The highest BCUT2D eigenvalue weighted by molar-refractivity contribution is 7.92. The number of sulfone groups is 1. The van der Waals surface area contributed by atoms with Crippen molar-refractivity contribution >= 4 is 32.2 Å². The van der Waals surface area contributed by atoms with Gasteiger partial charge in [-0.15, -0.1) is 0 Å². The van der Waals surface area contributed by atoms with Crippen molar-refractivity contribution in [3.8, 4) is 0 Å². The summed E-state index contributed by atoms with van der Waals surface area (Å²) in [5.74, 6) is 0.0568. The van der Waals surface area contributed by atoms with Crippen molar-refractivity contribution in [1.29, 1.82) is 0 Å². The lowest BCUT2D eigenvalue weighted by Gasteiger charge is -2.32. The molecule has 0 saturated carbocycles. The molecule has 0 unspecified atom stereocenters. The molecule has 1 aromatic rings. The maximum atomic E-state index is 12.2. The van der Waals surface area contributed by atoms with E-state index in [2.05, 4.69) is 10.3 Å². The van der Waals surface area contributed by atoms with Crippen LogP contribution < -0.4 is 10.2 Å². The molecule has 6 nitrogen and oxygen atoms in total. The highest BCUT2D eigenvalue weighted by Gasteiger charge is 2.45. The summed E-state index contributed by atoms with van der Waals surface area (Å²) in [5, 5.41) is 3.81. The van der Waals surface area contributed by atoms with Crippen LogP contribution in [0.1, 0.15) is 19.3 Å². The Morgan fingerprint density at radius 1 is 1.40 bits per heavy atom. The second-order valence-corrected chi connectivity index (χ2v) is 8.89. The monoisotopic (exact) mass is 315 g/mol. The summed E-state index contributed by atoms with van der Waals surface area (Å²) in [4.78, 5) is 18.0. The molecular formula is C12H17N3O3S2. The number of carbonyl (C=O) groups excluding carboxylic acids is 1. The SMILES string of the molecule is CS(=O)(=O)c1cnc(N2CC3(CCNCC3)CC2=O)s1. The average molecular weight is 315 g/mol. The van der Waals surface area contributed by atoms with Crippen molar-refractivity contribution in [2.75, 3.05) is 30.8 Å². The lowest BCUT2D eigenvalue weighted by molar-refractivity contribution is -0.117. The molecule has 1 spiro atoms. The van der Waals surface area contributed by atoms with Crippen LogP contribution in [0, 0.1) is 5.41 Å². The number of anilines is 1. The summed E-state index contributed by atoms with van der Waals surface area (Å²) in [6.45, 7) is 2.53. The Balaban J connectivity index is 1.84. The molecule has 2 fully saturated rings. The third-order valence-electron chi connectivity index (χ3n) is 4.05. The molecule has 0 radical (unpaired) electrons. The van der Waals surface area contributed by atoms with Gasteiger partial charge in [0.25, 0.3) is 0 Å². The van der Waals surface area contributed by atoms with Crippen molar-refractivity contribution in [2.45, 2.75) is 23.5 Å². The van der Waals surface area contributed by atoms with E-state index in [1.165, 1.54) is 6.20 Å². The Morgan fingerprint density at radius 2 is 2.10 bits per heavy atom. The number of aromatic nitrogens is 1. The van der Waals surface area contributed by atoms with Gasteiger partial charge in [-0.25, -0.2) is 13.4 Å². The Bertz CT molecular complexity index is 632. The standard InChI is InChI=1S/C12H17N3O3S2/c1-20(17,18)10-7-14-11(19-10)15-8-12(6-9(15)16)2-4-13-5-3-12/h7,13H,2-6,8H2,1H3. The van der Waals surface area contributed by atoms with Gasteiger partial charge in [-0.05, 0) is 31.3 Å². The predicted octanol–water partition coefficient (Wildman–Crippen LogP) is 0.653. The van der Waals surface area contributed by atoms with Crippen molar-refractivity contribution in [3.63, 3.8) is 0 Å². The molecule has 3 rings (SSSR count). The summed E-state index contributed by atoms with van der Waals surface area (Å²) in [6, 6.07) is 0. The number of nitrogens with zero attached hydrogens (tertiary/aromatic N) is 2. The Kier molecular flexibility index (Phi) is 3.34. The predicted molar refractivity (Wildman–Crippen MR) is 76.7 cm³/mol.